The van der Waals surface area contributed by atoms with Gasteiger partial charge in [-0.15, -0.1) is 0 Å². The van der Waals surface area contributed by atoms with E-state index in [1.165, 1.54) is 24.1 Å². The Morgan fingerprint density at radius 2 is 2.10 bits per heavy atom. The van der Waals surface area contributed by atoms with Gasteiger partial charge in [-0.1, -0.05) is 13.3 Å². The zero-order chi connectivity index (χ0) is 14.5. The Morgan fingerprint density at radius 3 is 2.75 bits per heavy atom. The van der Waals surface area contributed by atoms with Crippen LogP contribution in [0.5, 0.6) is 0 Å². The molecule has 3 N–H and O–H groups in total. The van der Waals surface area contributed by atoms with Crippen LogP contribution in [0.15, 0.2) is 6.07 Å². The minimum Gasteiger partial charge on any atom is -0.384 e. The normalized spacial score (nSPS) is 13.9. The molecule has 0 bridgehead atoms. The molecule has 1 aromatic heterocycles. The van der Waals surface area contributed by atoms with Crippen LogP contribution in [0.3, 0.4) is 0 Å². The van der Waals surface area contributed by atoms with Gasteiger partial charge in [0.25, 0.3) is 0 Å². The molecular formula is C16H26N4. The van der Waals surface area contributed by atoms with Gasteiger partial charge in [0.05, 0.1) is 5.56 Å². The molecule has 0 amide bonds. The van der Waals surface area contributed by atoms with Gasteiger partial charge in [0, 0.05) is 18.8 Å². The Balaban J connectivity index is 2.40. The number of aryl methyl sites for hydroxylation is 2. The standard InChI is InChI=1S/C16H26N4/c1-3-5-10-20(4-2)16-13(15(17)18)11-12-8-6-7-9-14(12)19-16/h11H,3-10H2,1-2H3,(H3,17,18). The summed E-state index contributed by atoms with van der Waals surface area (Å²) in [6.07, 6.45) is 6.88. The number of fused-ring (bicyclic) bond motifs is 1. The monoisotopic (exact) mass is 274 g/mol. The second-order valence-corrected chi connectivity index (χ2v) is 5.52. The number of anilines is 1. The summed E-state index contributed by atoms with van der Waals surface area (Å²) >= 11 is 0. The highest BCUT2D eigenvalue weighted by Gasteiger charge is 2.19. The molecule has 0 fully saturated rings. The predicted octanol–water partition coefficient (Wildman–Crippen LogP) is 2.87. The molecule has 0 atom stereocenters. The van der Waals surface area contributed by atoms with Gasteiger partial charge in [-0.3, -0.25) is 5.41 Å². The summed E-state index contributed by atoms with van der Waals surface area (Å²) in [5.41, 5.74) is 9.10. The first kappa shape index (κ1) is 14.8. The summed E-state index contributed by atoms with van der Waals surface area (Å²) in [7, 11) is 0. The van der Waals surface area contributed by atoms with Crippen molar-refractivity contribution in [3.8, 4) is 0 Å². The van der Waals surface area contributed by atoms with E-state index in [0.29, 0.717) is 0 Å². The Hall–Kier alpha value is -1.58. The van der Waals surface area contributed by atoms with Crippen LogP contribution in [-0.2, 0) is 12.8 Å². The van der Waals surface area contributed by atoms with Crippen molar-refractivity contribution < 1.29 is 0 Å². The number of hydrogen-bond acceptors (Lipinski definition) is 3. The van der Waals surface area contributed by atoms with Crippen LogP contribution < -0.4 is 10.6 Å². The Morgan fingerprint density at radius 1 is 1.35 bits per heavy atom. The average Bonchev–Trinajstić information content (AvgIpc) is 2.47. The fourth-order valence-corrected chi connectivity index (χ4v) is 2.82. The van der Waals surface area contributed by atoms with Crippen LogP contribution in [0.2, 0.25) is 0 Å². The van der Waals surface area contributed by atoms with Crippen LogP contribution in [0.4, 0.5) is 5.82 Å². The maximum atomic E-state index is 7.85. The Kier molecular flexibility index (Phi) is 4.99. The van der Waals surface area contributed by atoms with E-state index < -0.39 is 0 Å². The second-order valence-electron chi connectivity index (χ2n) is 5.52. The highest BCUT2D eigenvalue weighted by Crippen LogP contribution is 2.26. The maximum absolute atomic E-state index is 7.85. The minimum absolute atomic E-state index is 0.135. The molecule has 20 heavy (non-hydrogen) atoms. The largest absolute Gasteiger partial charge is 0.384 e. The molecular weight excluding hydrogens is 248 g/mol. The molecule has 2 rings (SSSR count). The number of aromatic nitrogens is 1. The van der Waals surface area contributed by atoms with E-state index in [4.69, 9.17) is 16.1 Å². The zero-order valence-electron chi connectivity index (χ0n) is 12.7. The van der Waals surface area contributed by atoms with Crippen LogP contribution in [0.1, 0.15) is 56.4 Å². The Bertz CT molecular complexity index is 482. The van der Waals surface area contributed by atoms with E-state index in [1.54, 1.807) is 0 Å². The van der Waals surface area contributed by atoms with Gasteiger partial charge in [0.15, 0.2) is 0 Å². The third kappa shape index (κ3) is 3.11. The van der Waals surface area contributed by atoms with Crippen LogP contribution in [-0.4, -0.2) is 23.9 Å². The van der Waals surface area contributed by atoms with Gasteiger partial charge in [-0.25, -0.2) is 4.98 Å². The highest BCUT2D eigenvalue weighted by molar-refractivity contribution is 5.99. The third-order valence-electron chi connectivity index (χ3n) is 4.03. The SMILES string of the molecule is CCCCN(CC)c1nc2c(cc1C(=N)N)CCCC2. The number of nitrogens with two attached hydrogens (primary N) is 1. The fraction of sp³-hybridized carbons (Fsp3) is 0.625. The lowest BCUT2D eigenvalue weighted by atomic mass is 9.94. The van der Waals surface area contributed by atoms with Crippen LogP contribution in [0.25, 0.3) is 0 Å². The van der Waals surface area contributed by atoms with Gasteiger partial charge >= 0.3 is 0 Å². The molecule has 4 nitrogen and oxygen atoms in total. The molecule has 1 aliphatic carbocycles. The van der Waals surface area contributed by atoms with Crippen LogP contribution >= 0.6 is 0 Å². The summed E-state index contributed by atoms with van der Waals surface area (Å²) in [6.45, 7) is 6.23. The summed E-state index contributed by atoms with van der Waals surface area (Å²) in [4.78, 5) is 7.12. The molecule has 4 heteroatoms. The number of amidine groups is 1. The molecule has 1 heterocycles. The second kappa shape index (κ2) is 6.73. The van der Waals surface area contributed by atoms with Crippen molar-refractivity contribution >= 4 is 11.7 Å². The number of rotatable bonds is 6. The molecule has 0 saturated carbocycles. The van der Waals surface area contributed by atoms with Gasteiger partial charge in [0.1, 0.15) is 11.7 Å². The van der Waals surface area contributed by atoms with Crippen molar-refractivity contribution in [1.29, 1.82) is 5.41 Å². The van der Waals surface area contributed by atoms with Crippen molar-refractivity contribution in [2.75, 3.05) is 18.0 Å². The zero-order valence-corrected chi connectivity index (χ0v) is 12.7. The molecule has 0 unspecified atom stereocenters. The highest BCUT2D eigenvalue weighted by atomic mass is 15.2. The van der Waals surface area contributed by atoms with E-state index in [0.717, 1.165) is 50.2 Å². The summed E-state index contributed by atoms with van der Waals surface area (Å²) in [5.74, 6) is 1.05. The van der Waals surface area contributed by atoms with Gasteiger partial charge in [-0.2, -0.15) is 0 Å². The molecule has 110 valence electrons. The lowest BCUT2D eigenvalue weighted by Gasteiger charge is -2.27. The molecule has 0 aromatic carbocycles. The number of nitrogen functional groups attached to an aromatic ring is 1. The molecule has 1 aromatic rings. The molecule has 1 aliphatic rings. The third-order valence-corrected chi connectivity index (χ3v) is 4.03. The molecule has 0 saturated heterocycles. The topological polar surface area (TPSA) is 66.0 Å². The lowest BCUT2D eigenvalue weighted by molar-refractivity contribution is 0.660. The van der Waals surface area contributed by atoms with Crippen LogP contribution in [0, 0.1) is 5.41 Å². The molecule has 0 aliphatic heterocycles. The molecule has 0 spiro atoms. The summed E-state index contributed by atoms with van der Waals surface area (Å²) < 4.78 is 0. The fourth-order valence-electron chi connectivity index (χ4n) is 2.82. The van der Waals surface area contributed by atoms with Gasteiger partial charge in [-0.05, 0) is 50.7 Å². The average molecular weight is 274 g/mol. The van der Waals surface area contributed by atoms with Crippen molar-refractivity contribution in [2.45, 2.75) is 52.4 Å². The van der Waals surface area contributed by atoms with Gasteiger partial charge < -0.3 is 10.6 Å². The number of pyridine rings is 1. The Labute approximate surface area is 121 Å². The van der Waals surface area contributed by atoms with E-state index in [1.807, 2.05) is 0 Å². The first-order valence-electron chi connectivity index (χ1n) is 7.79. The smallest absolute Gasteiger partial charge is 0.139 e. The summed E-state index contributed by atoms with van der Waals surface area (Å²) in [5, 5.41) is 7.85. The number of unbranched alkanes of at least 4 members (excludes halogenated alkanes) is 1. The van der Waals surface area contributed by atoms with E-state index in [2.05, 4.69) is 24.8 Å². The summed E-state index contributed by atoms with van der Waals surface area (Å²) in [6, 6.07) is 2.10. The first-order chi connectivity index (χ1) is 9.67. The number of nitrogens with one attached hydrogen (secondary N) is 1. The van der Waals surface area contributed by atoms with Crippen molar-refractivity contribution in [3.05, 3.63) is 22.9 Å². The van der Waals surface area contributed by atoms with Crippen molar-refractivity contribution in [1.82, 2.24) is 4.98 Å². The minimum atomic E-state index is 0.135. The predicted molar refractivity (Wildman–Crippen MR) is 84.7 cm³/mol. The first-order valence-corrected chi connectivity index (χ1v) is 7.79. The number of hydrogen-bond donors (Lipinski definition) is 2. The van der Waals surface area contributed by atoms with Crippen molar-refractivity contribution in [3.63, 3.8) is 0 Å². The van der Waals surface area contributed by atoms with Gasteiger partial charge in [0.2, 0.25) is 0 Å². The lowest BCUT2D eigenvalue weighted by Crippen LogP contribution is -2.29. The quantitative estimate of drug-likeness (QED) is 0.619. The number of nitrogens with zero attached hydrogens (tertiary/aromatic N) is 2. The van der Waals surface area contributed by atoms with Crippen molar-refractivity contribution in [2.24, 2.45) is 5.73 Å². The van der Waals surface area contributed by atoms with E-state index >= 15 is 0 Å². The van der Waals surface area contributed by atoms with E-state index in [-0.39, 0.29) is 5.84 Å². The molecule has 0 radical (unpaired) electrons. The van der Waals surface area contributed by atoms with E-state index in [9.17, 15) is 0 Å². The maximum Gasteiger partial charge on any atom is 0.139 e.